The molecule has 4 nitrogen and oxygen atoms in total. The molecular formula is C20H28N2O2S. The number of thioether (sulfide) groups is 1. The van der Waals surface area contributed by atoms with Crippen LogP contribution in [0.3, 0.4) is 0 Å². The zero-order chi connectivity index (χ0) is 17.9. The van der Waals surface area contributed by atoms with Crippen LogP contribution in [0.5, 0.6) is 0 Å². The molecule has 1 amide bonds. The minimum absolute atomic E-state index is 0.206. The number of piperidine rings is 1. The Hall–Kier alpha value is -1.49. The molecule has 0 radical (unpaired) electrons. The quantitative estimate of drug-likeness (QED) is 0.734. The Labute approximate surface area is 155 Å². The van der Waals surface area contributed by atoms with Gasteiger partial charge in [-0.1, -0.05) is 31.1 Å². The molecule has 2 aliphatic rings. The summed E-state index contributed by atoms with van der Waals surface area (Å²) in [6.07, 6.45) is 6.30. The number of hydrogen-bond acceptors (Lipinski definition) is 4. The first kappa shape index (κ1) is 18.3. The maximum atomic E-state index is 12.3. The fraction of sp³-hybridized carbons (Fsp3) is 0.600. The number of carbonyl (C=O) groups excluding carboxylic acids is 1. The van der Waals surface area contributed by atoms with Crippen LogP contribution in [0.15, 0.2) is 34.3 Å². The van der Waals surface area contributed by atoms with Crippen LogP contribution >= 0.6 is 11.8 Å². The second-order valence-electron chi connectivity index (χ2n) is 7.53. The highest BCUT2D eigenvalue weighted by atomic mass is 32.2. The lowest BCUT2D eigenvalue weighted by Gasteiger charge is -2.37. The highest BCUT2D eigenvalue weighted by molar-refractivity contribution is 7.98. The molecule has 2 aliphatic heterocycles. The fourth-order valence-corrected chi connectivity index (χ4v) is 3.87. The van der Waals surface area contributed by atoms with E-state index in [0.29, 0.717) is 12.3 Å². The van der Waals surface area contributed by atoms with E-state index in [1.807, 2.05) is 4.90 Å². The Bertz CT molecular complexity index is 632. The first-order chi connectivity index (χ1) is 12.0. The molecule has 0 saturated carbocycles. The minimum atomic E-state index is -0.206. The Morgan fingerprint density at radius 2 is 1.96 bits per heavy atom. The maximum Gasteiger partial charge on any atom is 0.222 e. The molecule has 1 fully saturated rings. The molecule has 136 valence electrons. The van der Waals surface area contributed by atoms with Crippen molar-refractivity contribution >= 4 is 23.4 Å². The van der Waals surface area contributed by atoms with Gasteiger partial charge in [-0.2, -0.15) is 0 Å². The molecule has 1 spiro atoms. The van der Waals surface area contributed by atoms with Crippen molar-refractivity contribution in [1.82, 2.24) is 4.90 Å². The van der Waals surface area contributed by atoms with Crippen LogP contribution < -0.4 is 0 Å². The summed E-state index contributed by atoms with van der Waals surface area (Å²) in [6, 6.07) is 8.50. The predicted molar refractivity (Wildman–Crippen MR) is 103 cm³/mol. The van der Waals surface area contributed by atoms with E-state index in [4.69, 9.17) is 4.84 Å². The van der Waals surface area contributed by atoms with E-state index in [-0.39, 0.29) is 11.5 Å². The highest BCUT2D eigenvalue weighted by Crippen LogP contribution is 2.36. The van der Waals surface area contributed by atoms with Gasteiger partial charge in [0.25, 0.3) is 0 Å². The van der Waals surface area contributed by atoms with Crippen LogP contribution in [-0.4, -0.2) is 41.5 Å². The number of benzene rings is 1. The molecule has 5 heteroatoms. The highest BCUT2D eigenvalue weighted by Gasteiger charge is 2.43. The van der Waals surface area contributed by atoms with Gasteiger partial charge in [0.1, 0.15) is 5.60 Å². The molecule has 0 unspecified atom stereocenters. The first-order valence-corrected chi connectivity index (χ1v) is 10.4. The minimum Gasteiger partial charge on any atom is -0.388 e. The van der Waals surface area contributed by atoms with Crippen molar-refractivity contribution in [1.29, 1.82) is 0 Å². The predicted octanol–water partition coefficient (Wildman–Crippen LogP) is 4.33. The Kier molecular flexibility index (Phi) is 5.72. The van der Waals surface area contributed by atoms with Crippen LogP contribution in [0.4, 0.5) is 0 Å². The maximum absolute atomic E-state index is 12.3. The zero-order valence-electron chi connectivity index (χ0n) is 15.5. The van der Waals surface area contributed by atoms with Gasteiger partial charge in [0.2, 0.25) is 5.91 Å². The van der Waals surface area contributed by atoms with Crippen molar-refractivity contribution in [3.05, 3.63) is 29.8 Å². The molecule has 0 aromatic heterocycles. The van der Waals surface area contributed by atoms with Gasteiger partial charge in [-0.25, -0.2) is 0 Å². The van der Waals surface area contributed by atoms with Crippen molar-refractivity contribution in [2.24, 2.45) is 11.1 Å². The Morgan fingerprint density at radius 1 is 1.28 bits per heavy atom. The van der Waals surface area contributed by atoms with Crippen LogP contribution in [0.25, 0.3) is 0 Å². The molecule has 25 heavy (non-hydrogen) atoms. The van der Waals surface area contributed by atoms with E-state index >= 15 is 0 Å². The SMILES string of the molecule is CSc1ccc(C2=NOC3(CCN(C(=O)CCC(C)C)CC3)C2)cc1. The standard InChI is InChI=1S/C20H28N2O2S/c1-15(2)4-9-19(23)22-12-10-20(11-13-22)14-18(21-24-20)16-5-7-17(25-3)8-6-16/h5-8,15H,4,9-14H2,1-3H3. The summed E-state index contributed by atoms with van der Waals surface area (Å²) < 4.78 is 0. The number of hydrogen-bond donors (Lipinski definition) is 0. The first-order valence-electron chi connectivity index (χ1n) is 9.18. The van der Waals surface area contributed by atoms with Crippen molar-refractivity contribution < 1.29 is 9.63 Å². The van der Waals surface area contributed by atoms with Gasteiger partial charge in [0.05, 0.1) is 5.71 Å². The average molecular weight is 361 g/mol. The summed E-state index contributed by atoms with van der Waals surface area (Å²) >= 11 is 1.74. The number of nitrogens with zero attached hydrogens (tertiary/aromatic N) is 2. The molecule has 0 N–H and O–H groups in total. The van der Waals surface area contributed by atoms with Gasteiger partial charge >= 0.3 is 0 Å². The summed E-state index contributed by atoms with van der Waals surface area (Å²) in [4.78, 5) is 21.4. The number of likely N-dealkylation sites (tertiary alicyclic amines) is 1. The van der Waals surface area contributed by atoms with Crippen molar-refractivity contribution in [2.45, 2.75) is 56.4 Å². The molecule has 1 aromatic carbocycles. The third kappa shape index (κ3) is 4.38. The van der Waals surface area contributed by atoms with E-state index in [1.54, 1.807) is 11.8 Å². The monoisotopic (exact) mass is 360 g/mol. The Morgan fingerprint density at radius 3 is 2.56 bits per heavy atom. The van der Waals surface area contributed by atoms with Crippen molar-refractivity contribution in [3.63, 3.8) is 0 Å². The summed E-state index contributed by atoms with van der Waals surface area (Å²) in [5, 5.41) is 4.37. The van der Waals surface area contributed by atoms with Crippen LogP contribution in [0.1, 0.15) is 51.5 Å². The number of oxime groups is 1. The van der Waals surface area contributed by atoms with E-state index in [2.05, 4.69) is 49.5 Å². The van der Waals surface area contributed by atoms with Crippen LogP contribution in [-0.2, 0) is 9.63 Å². The average Bonchev–Trinajstić information content (AvgIpc) is 3.04. The fourth-order valence-electron chi connectivity index (χ4n) is 3.46. The lowest BCUT2D eigenvalue weighted by atomic mass is 9.85. The lowest BCUT2D eigenvalue weighted by Crippen LogP contribution is -2.46. The lowest BCUT2D eigenvalue weighted by molar-refractivity contribution is -0.137. The molecule has 0 atom stereocenters. The Balaban J connectivity index is 1.53. The second kappa shape index (κ2) is 7.81. The van der Waals surface area contributed by atoms with Gasteiger partial charge in [-0.3, -0.25) is 4.79 Å². The van der Waals surface area contributed by atoms with Gasteiger partial charge < -0.3 is 9.74 Å². The molecule has 1 saturated heterocycles. The third-order valence-corrected chi connectivity index (χ3v) is 5.97. The summed E-state index contributed by atoms with van der Waals surface area (Å²) in [5.74, 6) is 0.863. The van der Waals surface area contributed by atoms with E-state index in [1.165, 1.54) is 4.90 Å². The van der Waals surface area contributed by atoms with Crippen molar-refractivity contribution in [2.75, 3.05) is 19.3 Å². The van der Waals surface area contributed by atoms with Crippen molar-refractivity contribution in [3.8, 4) is 0 Å². The third-order valence-electron chi connectivity index (χ3n) is 5.23. The largest absolute Gasteiger partial charge is 0.388 e. The zero-order valence-corrected chi connectivity index (χ0v) is 16.3. The number of amides is 1. The van der Waals surface area contributed by atoms with Crippen LogP contribution in [0, 0.1) is 5.92 Å². The summed E-state index contributed by atoms with van der Waals surface area (Å²) in [7, 11) is 0. The summed E-state index contributed by atoms with van der Waals surface area (Å²) in [6.45, 7) is 5.89. The molecule has 0 aliphatic carbocycles. The second-order valence-corrected chi connectivity index (χ2v) is 8.41. The van der Waals surface area contributed by atoms with Crippen LogP contribution in [0.2, 0.25) is 0 Å². The van der Waals surface area contributed by atoms with Gasteiger partial charge in [-0.15, -0.1) is 11.8 Å². The summed E-state index contributed by atoms with van der Waals surface area (Å²) in [5.41, 5.74) is 1.97. The van der Waals surface area contributed by atoms with E-state index in [9.17, 15) is 4.79 Å². The van der Waals surface area contributed by atoms with E-state index in [0.717, 1.165) is 50.0 Å². The molecule has 3 rings (SSSR count). The van der Waals surface area contributed by atoms with Gasteiger partial charge in [0.15, 0.2) is 0 Å². The normalized spacial score (nSPS) is 19.2. The topological polar surface area (TPSA) is 41.9 Å². The number of carbonyl (C=O) groups is 1. The molecule has 1 aromatic rings. The van der Waals surface area contributed by atoms with Gasteiger partial charge in [0, 0.05) is 43.7 Å². The molecule has 2 heterocycles. The van der Waals surface area contributed by atoms with Gasteiger partial charge in [-0.05, 0) is 36.3 Å². The van der Waals surface area contributed by atoms with E-state index < -0.39 is 0 Å². The molecular weight excluding hydrogens is 332 g/mol. The number of rotatable bonds is 5. The molecule has 0 bridgehead atoms. The smallest absolute Gasteiger partial charge is 0.222 e.